The van der Waals surface area contributed by atoms with E-state index < -0.39 is 21.9 Å². The van der Waals surface area contributed by atoms with Crippen LogP contribution in [0.2, 0.25) is 0 Å². The van der Waals surface area contributed by atoms with Gasteiger partial charge in [0.05, 0.1) is 10.5 Å². The molecule has 4 aliphatic carbocycles. The summed E-state index contributed by atoms with van der Waals surface area (Å²) in [6.45, 7) is 1.67. The first-order chi connectivity index (χ1) is 12.7. The molecule has 0 aliphatic heterocycles. The number of Topliss-reactive ketones (excluding diaryl/α,β-unsaturated/α-hetero) is 1. The minimum atomic E-state index is -3.31. The standard InChI is InChI=1S/C21H26O5S/c1-13(26-20(23)17-3-5-18(6-4-17)27(2,24)25)19(22)21-10-14-7-15(11-21)9-16(8-14)12-21/h3-6,13-16H,7-12H2,1-2H3. The molecule has 146 valence electrons. The molecular weight excluding hydrogens is 364 g/mol. The number of rotatable bonds is 5. The number of hydrogen-bond donors (Lipinski definition) is 0. The first-order valence-corrected chi connectivity index (χ1v) is 11.6. The Morgan fingerprint density at radius 1 is 1.00 bits per heavy atom. The average molecular weight is 391 g/mol. The quantitative estimate of drug-likeness (QED) is 0.720. The summed E-state index contributed by atoms with van der Waals surface area (Å²) in [6.07, 6.45) is 6.96. The van der Waals surface area contributed by atoms with E-state index in [-0.39, 0.29) is 21.7 Å². The third-order valence-corrected chi connectivity index (χ3v) is 7.86. The Hall–Kier alpha value is -1.69. The van der Waals surface area contributed by atoms with E-state index in [2.05, 4.69) is 0 Å². The molecule has 1 unspecified atom stereocenters. The van der Waals surface area contributed by atoms with E-state index in [0.717, 1.165) is 25.5 Å². The van der Waals surface area contributed by atoms with Crippen LogP contribution in [0.1, 0.15) is 55.8 Å². The lowest BCUT2D eigenvalue weighted by Gasteiger charge is -2.56. The molecule has 1 atom stereocenters. The van der Waals surface area contributed by atoms with Gasteiger partial charge in [0.2, 0.25) is 0 Å². The summed E-state index contributed by atoms with van der Waals surface area (Å²) in [6, 6.07) is 5.64. The highest BCUT2D eigenvalue weighted by Gasteiger charge is 2.55. The minimum Gasteiger partial charge on any atom is -0.451 e. The highest BCUT2D eigenvalue weighted by Crippen LogP contribution is 2.60. The van der Waals surface area contributed by atoms with Gasteiger partial charge in [-0.15, -0.1) is 0 Å². The Kier molecular flexibility index (Phi) is 4.45. The van der Waals surface area contributed by atoms with Gasteiger partial charge in [0.1, 0.15) is 0 Å². The van der Waals surface area contributed by atoms with E-state index in [1.165, 1.54) is 43.5 Å². The molecule has 0 amide bonds. The van der Waals surface area contributed by atoms with Gasteiger partial charge in [-0.05, 0) is 87.5 Å². The lowest BCUT2D eigenvalue weighted by atomic mass is 9.48. The van der Waals surface area contributed by atoms with Crippen molar-refractivity contribution in [3.8, 4) is 0 Å². The van der Waals surface area contributed by atoms with Crippen LogP contribution < -0.4 is 0 Å². The van der Waals surface area contributed by atoms with E-state index in [1.807, 2.05) is 0 Å². The molecule has 0 N–H and O–H groups in total. The van der Waals surface area contributed by atoms with Gasteiger partial charge >= 0.3 is 5.97 Å². The molecule has 5 rings (SSSR count). The third kappa shape index (κ3) is 3.44. The fourth-order valence-electron chi connectivity index (χ4n) is 5.96. The molecule has 1 aromatic rings. The molecule has 6 heteroatoms. The Morgan fingerprint density at radius 2 is 1.48 bits per heavy atom. The molecular formula is C21H26O5S. The van der Waals surface area contributed by atoms with Crippen molar-refractivity contribution in [2.45, 2.75) is 56.4 Å². The summed E-state index contributed by atoms with van der Waals surface area (Å²) in [5.74, 6) is 1.47. The molecule has 4 saturated carbocycles. The van der Waals surface area contributed by atoms with Gasteiger partial charge in [0.25, 0.3) is 0 Å². The first kappa shape index (κ1) is 18.7. The second-order valence-electron chi connectivity index (χ2n) is 8.91. The third-order valence-electron chi connectivity index (χ3n) is 6.73. The fraction of sp³-hybridized carbons (Fsp3) is 0.619. The maximum Gasteiger partial charge on any atom is 0.338 e. The Bertz CT molecular complexity index is 833. The predicted molar refractivity (Wildman–Crippen MR) is 100 cm³/mol. The average Bonchev–Trinajstić information content (AvgIpc) is 2.59. The van der Waals surface area contributed by atoms with E-state index in [4.69, 9.17) is 4.74 Å². The molecule has 27 heavy (non-hydrogen) atoms. The lowest BCUT2D eigenvalue weighted by Crippen LogP contribution is -2.52. The predicted octanol–water partition coefficient (Wildman–Crippen LogP) is 3.42. The maximum absolute atomic E-state index is 13.2. The van der Waals surface area contributed by atoms with Crippen molar-refractivity contribution in [3.63, 3.8) is 0 Å². The molecule has 4 fully saturated rings. The van der Waals surface area contributed by atoms with E-state index >= 15 is 0 Å². The van der Waals surface area contributed by atoms with Crippen LogP contribution in [0.15, 0.2) is 29.2 Å². The van der Waals surface area contributed by atoms with Crippen molar-refractivity contribution in [3.05, 3.63) is 29.8 Å². The number of carbonyl (C=O) groups excluding carboxylic acids is 2. The largest absolute Gasteiger partial charge is 0.451 e. The van der Waals surface area contributed by atoms with Crippen molar-refractivity contribution in [1.29, 1.82) is 0 Å². The van der Waals surface area contributed by atoms with Crippen LogP contribution in [-0.4, -0.2) is 32.5 Å². The topological polar surface area (TPSA) is 77.5 Å². The van der Waals surface area contributed by atoms with Gasteiger partial charge in [0.15, 0.2) is 21.7 Å². The second-order valence-corrected chi connectivity index (χ2v) is 10.9. The normalized spacial score (nSPS) is 32.9. The molecule has 0 heterocycles. The Labute approximate surface area is 160 Å². The molecule has 4 aliphatic rings. The zero-order valence-corrected chi connectivity index (χ0v) is 16.6. The number of sulfone groups is 1. The molecule has 0 spiro atoms. The summed E-state index contributed by atoms with van der Waals surface area (Å²) in [7, 11) is -3.31. The monoisotopic (exact) mass is 390 g/mol. The van der Waals surface area contributed by atoms with E-state index in [9.17, 15) is 18.0 Å². The van der Waals surface area contributed by atoms with Crippen LogP contribution in [0.3, 0.4) is 0 Å². The van der Waals surface area contributed by atoms with Crippen LogP contribution in [-0.2, 0) is 19.4 Å². The van der Waals surface area contributed by atoms with Crippen LogP contribution in [0, 0.1) is 23.2 Å². The van der Waals surface area contributed by atoms with Gasteiger partial charge in [-0.1, -0.05) is 0 Å². The SMILES string of the molecule is CC(OC(=O)c1ccc(S(C)(=O)=O)cc1)C(=O)C12CC3CC(CC(C3)C1)C2. The molecule has 0 aromatic heterocycles. The number of ether oxygens (including phenoxy) is 1. The van der Waals surface area contributed by atoms with E-state index in [1.54, 1.807) is 6.92 Å². The number of hydrogen-bond acceptors (Lipinski definition) is 5. The van der Waals surface area contributed by atoms with Gasteiger partial charge in [-0.3, -0.25) is 4.79 Å². The lowest BCUT2D eigenvalue weighted by molar-refractivity contribution is -0.152. The summed E-state index contributed by atoms with van der Waals surface area (Å²) in [5, 5.41) is 0. The summed E-state index contributed by atoms with van der Waals surface area (Å²) in [4.78, 5) is 25.8. The highest BCUT2D eigenvalue weighted by atomic mass is 32.2. The number of ketones is 1. The molecule has 1 aromatic carbocycles. The zero-order chi connectivity index (χ0) is 19.4. The zero-order valence-electron chi connectivity index (χ0n) is 15.8. The van der Waals surface area contributed by atoms with Crippen LogP contribution >= 0.6 is 0 Å². The minimum absolute atomic E-state index is 0.0720. The van der Waals surface area contributed by atoms with E-state index in [0.29, 0.717) is 17.8 Å². The smallest absolute Gasteiger partial charge is 0.338 e. The summed E-state index contributed by atoms with van der Waals surface area (Å²) in [5.41, 5.74) is -0.0400. The van der Waals surface area contributed by atoms with Crippen molar-refractivity contribution in [2.75, 3.05) is 6.26 Å². The highest BCUT2D eigenvalue weighted by molar-refractivity contribution is 7.90. The molecule has 5 nitrogen and oxygen atoms in total. The van der Waals surface area contributed by atoms with Crippen LogP contribution in [0.5, 0.6) is 0 Å². The maximum atomic E-state index is 13.2. The number of benzene rings is 1. The van der Waals surface area contributed by atoms with Gasteiger partial charge in [-0.25, -0.2) is 13.2 Å². The second kappa shape index (κ2) is 6.43. The summed E-state index contributed by atoms with van der Waals surface area (Å²) >= 11 is 0. The first-order valence-electron chi connectivity index (χ1n) is 9.72. The van der Waals surface area contributed by atoms with Crippen LogP contribution in [0.25, 0.3) is 0 Å². The Balaban J connectivity index is 1.45. The van der Waals surface area contributed by atoms with Gasteiger partial charge in [0, 0.05) is 11.7 Å². The molecule has 0 radical (unpaired) electrons. The van der Waals surface area contributed by atoms with Crippen molar-refractivity contribution in [2.24, 2.45) is 23.2 Å². The van der Waals surface area contributed by atoms with Crippen molar-refractivity contribution >= 4 is 21.6 Å². The molecule has 4 bridgehead atoms. The van der Waals surface area contributed by atoms with Gasteiger partial charge in [-0.2, -0.15) is 0 Å². The summed E-state index contributed by atoms with van der Waals surface area (Å²) < 4.78 is 28.5. The van der Waals surface area contributed by atoms with Gasteiger partial charge < -0.3 is 4.74 Å². The van der Waals surface area contributed by atoms with Crippen molar-refractivity contribution in [1.82, 2.24) is 0 Å². The molecule has 0 saturated heterocycles. The Morgan fingerprint density at radius 3 is 1.93 bits per heavy atom. The number of esters is 1. The van der Waals surface area contributed by atoms with Crippen LogP contribution in [0.4, 0.5) is 0 Å². The fourth-order valence-corrected chi connectivity index (χ4v) is 6.59. The van der Waals surface area contributed by atoms with Crippen molar-refractivity contribution < 1.29 is 22.7 Å². The number of carbonyl (C=O) groups is 2.